The van der Waals surface area contributed by atoms with E-state index >= 15 is 0 Å². The Kier molecular flexibility index (Phi) is 6.19. The first-order valence-electron chi connectivity index (χ1n) is 8.83. The Bertz CT molecular complexity index is 783. The van der Waals surface area contributed by atoms with Gasteiger partial charge in [-0.05, 0) is 24.1 Å². The van der Waals surface area contributed by atoms with Gasteiger partial charge in [0.15, 0.2) is 0 Å². The predicted octanol–water partition coefficient (Wildman–Crippen LogP) is 3.47. The van der Waals surface area contributed by atoms with Crippen molar-refractivity contribution in [3.05, 3.63) is 66.2 Å². The number of hydrogen-bond donors (Lipinski definition) is 1. The molecule has 1 aliphatic rings. The van der Waals surface area contributed by atoms with Crippen LogP contribution in [0.2, 0.25) is 0 Å². The SMILES string of the molecule is COCC1(C(=O)O)CCN(C(=O)C(Sc2ccccc2)c2ccccc2)C1. The van der Waals surface area contributed by atoms with E-state index in [1.807, 2.05) is 60.7 Å². The summed E-state index contributed by atoms with van der Waals surface area (Å²) in [5.41, 5.74) is -0.112. The monoisotopic (exact) mass is 385 g/mol. The number of methoxy groups -OCH3 is 1. The highest BCUT2D eigenvalue weighted by molar-refractivity contribution is 8.00. The average Bonchev–Trinajstić information content (AvgIpc) is 3.13. The van der Waals surface area contributed by atoms with Crippen LogP contribution in [0.25, 0.3) is 0 Å². The summed E-state index contributed by atoms with van der Waals surface area (Å²) < 4.78 is 5.14. The summed E-state index contributed by atoms with van der Waals surface area (Å²) in [6.07, 6.45) is 0.402. The van der Waals surface area contributed by atoms with E-state index in [4.69, 9.17) is 4.74 Å². The number of benzene rings is 2. The Balaban J connectivity index is 1.84. The van der Waals surface area contributed by atoms with E-state index in [2.05, 4.69) is 0 Å². The number of amides is 1. The normalized spacial score (nSPS) is 20.4. The summed E-state index contributed by atoms with van der Waals surface area (Å²) in [7, 11) is 1.49. The van der Waals surface area contributed by atoms with Crippen molar-refractivity contribution in [3.63, 3.8) is 0 Å². The van der Waals surface area contributed by atoms with Crippen molar-refractivity contribution in [2.45, 2.75) is 16.6 Å². The average molecular weight is 385 g/mol. The van der Waals surface area contributed by atoms with Crippen LogP contribution in [0.5, 0.6) is 0 Å². The third-order valence-electron chi connectivity index (χ3n) is 4.86. The molecule has 1 N–H and O–H groups in total. The number of carboxylic acid groups (broad SMARTS) is 1. The van der Waals surface area contributed by atoms with Gasteiger partial charge >= 0.3 is 5.97 Å². The number of carbonyl (C=O) groups excluding carboxylic acids is 1. The number of thioether (sulfide) groups is 1. The van der Waals surface area contributed by atoms with Crippen molar-refractivity contribution in [1.82, 2.24) is 4.90 Å². The molecule has 0 saturated carbocycles. The zero-order valence-electron chi connectivity index (χ0n) is 15.2. The Morgan fingerprint density at radius 2 is 1.78 bits per heavy atom. The minimum atomic E-state index is -1.02. The maximum atomic E-state index is 13.3. The maximum Gasteiger partial charge on any atom is 0.313 e. The number of likely N-dealkylation sites (tertiary alicyclic amines) is 1. The van der Waals surface area contributed by atoms with E-state index in [1.54, 1.807) is 4.90 Å². The first-order chi connectivity index (χ1) is 13.1. The van der Waals surface area contributed by atoms with Gasteiger partial charge in [-0.1, -0.05) is 48.5 Å². The Hall–Kier alpha value is -2.31. The molecular weight excluding hydrogens is 362 g/mol. The lowest BCUT2D eigenvalue weighted by Crippen LogP contribution is -2.41. The van der Waals surface area contributed by atoms with Gasteiger partial charge in [0.1, 0.15) is 10.7 Å². The molecule has 5 nitrogen and oxygen atoms in total. The molecule has 2 aromatic carbocycles. The van der Waals surface area contributed by atoms with Crippen LogP contribution >= 0.6 is 11.8 Å². The van der Waals surface area contributed by atoms with Crippen LogP contribution in [-0.4, -0.2) is 48.7 Å². The summed E-state index contributed by atoms with van der Waals surface area (Å²) in [4.78, 5) is 27.8. The predicted molar refractivity (Wildman–Crippen MR) is 105 cm³/mol. The minimum absolute atomic E-state index is 0.0609. The largest absolute Gasteiger partial charge is 0.481 e. The van der Waals surface area contributed by atoms with Gasteiger partial charge in [-0.3, -0.25) is 9.59 Å². The Labute approximate surface area is 163 Å². The minimum Gasteiger partial charge on any atom is -0.481 e. The fourth-order valence-electron chi connectivity index (χ4n) is 3.38. The molecule has 2 atom stereocenters. The van der Waals surface area contributed by atoms with E-state index in [1.165, 1.54) is 18.9 Å². The first kappa shape index (κ1) is 19.5. The summed E-state index contributed by atoms with van der Waals surface area (Å²) in [6.45, 7) is 0.703. The van der Waals surface area contributed by atoms with E-state index in [9.17, 15) is 14.7 Å². The van der Waals surface area contributed by atoms with Crippen LogP contribution in [0.3, 0.4) is 0 Å². The molecule has 2 aromatic rings. The quantitative estimate of drug-likeness (QED) is 0.739. The van der Waals surface area contributed by atoms with Crippen molar-refractivity contribution < 1.29 is 19.4 Å². The number of hydrogen-bond acceptors (Lipinski definition) is 4. The van der Waals surface area contributed by atoms with Crippen LogP contribution < -0.4 is 0 Å². The lowest BCUT2D eigenvalue weighted by Gasteiger charge is -2.26. The molecule has 27 heavy (non-hydrogen) atoms. The molecule has 0 spiro atoms. The summed E-state index contributed by atoms with van der Waals surface area (Å²) >= 11 is 1.49. The second-order valence-corrected chi connectivity index (χ2v) is 7.93. The van der Waals surface area contributed by atoms with Gasteiger partial charge < -0.3 is 14.7 Å². The second kappa shape index (κ2) is 8.59. The fourth-order valence-corrected chi connectivity index (χ4v) is 4.51. The number of ether oxygens (including phenoxy) is 1. The van der Waals surface area contributed by atoms with Gasteiger partial charge in [-0.25, -0.2) is 0 Å². The van der Waals surface area contributed by atoms with E-state index in [0.29, 0.717) is 13.0 Å². The molecule has 0 aliphatic carbocycles. The molecule has 1 saturated heterocycles. The van der Waals surface area contributed by atoms with Crippen LogP contribution in [-0.2, 0) is 14.3 Å². The zero-order chi connectivity index (χ0) is 19.3. The van der Waals surface area contributed by atoms with Crippen molar-refractivity contribution in [3.8, 4) is 0 Å². The summed E-state index contributed by atoms with van der Waals surface area (Å²) in [5, 5.41) is 9.25. The first-order valence-corrected chi connectivity index (χ1v) is 9.71. The van der Waals surface area contributed by atoms with Gasteiger partial charge in [-0.15, -0.1) is 11.8 Å². The highest BCUT2D eigenvalue weighted by Crippen LogP contribution is 2.39. The summed E-state index contributed by atoms with van der Waals surface area (Å²) in [6, 6.07) is 19.4. The Morgan fingerprint density at radius 1 is 1.15 bits per heavy atom. The smallest absolute Gasteiger partial charge is 0.313 e. The van der Waals surface area contributed by atoms with Gasteiger partial charge in [0, 0.05) is 25.1 Å². The van der Waals surface area contributed by atoms with E-state index < -0.39 is 16.6 Å². The van der Waals surface area contributed by atoms with Gasteiger partial charge in [0.05, 0.1) is 6.61 Å². The molecule has 3 rings (SSSR count). The molecule has 0 radical (unpaired) electrons. The van der Waals surface area contributed by atoms with Gasteiger partial charge in [0.2, 0.25) is 5.91 Å². The van der Waals surface area contributed by atoms with Crippen LogP contribution in [0.15, 0.2) is 65.6 Å². The number of carbonyl (C=O) groups is 2. The highest BCUT2D eigenvalue weighted by Gasteiger charge is 2.47. The number of rotatable bonds is 7. The molecule has 1 heterocycles. The fraction of sp³-hybridized carbons (Fsp3) is 0.333. The van der Waals surface area contributed by atoms with Gasteiger partial charge in [0.25, 0.3) is 0 Å². The van der Waals surface area contributed by atoms with Crippen LogP contribution in [0.1, 0.15) is 17.2 Å². The van der Waals surface area contributed by atoms with E-state index in [0.717, 1.165) is 10.5 Å². The molecular formula is C21H23NO4S. The number of carboxylic acids is 1. The standard InChI is InChI=1S/C21H23NO4S/c1-26-15-21(20(24)25)12-13-22(14-21)19(23)18(16-8-4-2-5-9-16)27-17-10-6-3-7-11-17/h2-11,18H,12-15H2,1H3,(H,24,25). The third kappa shape index (κ3) is 4.34. The van der Waals surface area contributed by atoms with E-state index in [-0.39, 0.29) is 19.1 Å². The Morgan fingerprint density at radius 3 is 2.37 bits per heavy atom. The lowest BCUT2D eigenvalue weighted by atomic mass is 9.88. The molecule has 1 fully saturated rings. The second-order valence-electron chi connectivity index (χ2n) is 6.75. The molecule has 1 aliphatic heterocycles. The molecule has 0 bridgehead atoms. The third-order valence-corrected chi connectivity index (χ3v) is 6.12. The zero-order valence-corrected chi connectivity index (χ0v) is 16.0. The molecule has 6 heteroatoms. The van der Waals surface area contributed by atoms with Crippen molar-refractivity contribution in [1.29, 1.82) is 0 Å². The topological polar surface area (TPSA) is 66.8 Å². The highest BCUT2D eigenvalue weighted by atomic mass is 32.2. The van der Waals surface area contributed by atoms with Gasteiger partial charge in [-0.2, -0.15) is 0 Å². The molecule has 0 aromatic heterocycles. The van der Waals surface area contributed by atoms with Crippen LogP contribution in [0, 0.1) is 5.41 Å². The molecule has 2 unspecified atom stereocenters. The molecule has 1 amide bonds. The maximum absolute atomic E-state index is 13.3. The van der Waals surface area contributed by atoms with Crippen LogP contribution in [0.4, 0.5) is 0 Å². The molecule has 142 valence electrons. The van der Waals surface area contributed by atoms with Crippen molar-refractivity contribution >= 4 is 23.6 Å². The summed E-state index contributed by atoms with van der Waals surface area (Å²) in [5.74, 6) is -0.971. The lowest BCUT2D eigenvalue weighted by molar-refractivity contribution is -0.151. The van der Waals surface area contributed by atoms with Crippen molar-refractivity contribution in [2.24, 2.45) is 5.41 Å². The van der Waals surface area contributed by atoms with Crippen molar-refractivity contribution in [2.75, 3.05) is 26.8 Å². The number of aliphatic carboxylic acids is 1. The number of nitrogens with zero attached hydrogens (tertiary/aromatic N) is 1.